The number of nitrogens with zero attached hydrogens (tertiary/aromatic N) is 4. The summed E-state index contributed by atoms with van der Waals surface area (Å²) < 4.78 is 4.84. The third-order valence-corrected chi connectivity index (χ3v) is 4.09. The predicted octanol–water partition coefficient (Wildman–Crippen LogP) is 2.03. The maximum Gasteiger partial charge on any atom is 0.176 e. The summed E-state index contributed by atoms with van der Waals surface area (Å²) in [6.45, 7) is 4.03. The van der Waals surface area contributed by atoms with E-state index in [-0.39, 0.29) is 0 Å². The lowest BCUT2D eigenvalue weighted by Crippen LogP contribution is -2.13. The van der Waals surface area contributed by atoms with Gasteiger partial charge in [-0.3, -0.25) is 0 Å². The maximum absolute atomic E-state index is 5.48. The number of rotatable bonds is 5. The van der Waals surface area contributed by atoms with Gasteiger partial charge in [0.15, 0.2) is 4.34 Å². The van der Waals surface area contributed by atoms with Crippen molar-refractivity contribution in [3.05, 3.63) is 17.7 Å². The Kier molecular flexibility index (Phi) is 4.45. The molecule has 0 aromatic carbocycles. The first-order valence-corrected chi connectivity index (χ1v) is 7.12. The predicted molar refractivity (Wildman–Crippen MR) is 72.6 cm³/mol. The second-order valence-corrected chi connectivity index (χ2v) is 5.64. The van der Waals surface area contributed by atoms with Gasteiger partial charge in [0.1, 0.15) is 23.0 Å². The first kappa shape index (κ1) is 13.2. The van der Waals surface area contributed by atoms with Crippen LogP contribution in [-0.2, 0) is 6.42 Å². The van der Waals surface area contributed by atoms with Crippen LogP contribution in [0.5, 0.6) is 0 Å². The number of aryl methyl sites for hydroxylation is 1. The molecule has 0 saturated carbocycles. The van der Waals surface area contributed by atoms with Crippen LogP contribution in [0.15, 0.2) is 15.7 Å². The van der Waals surface area contributed by atoms with Gasteiger partial charge in [0.05, 0.1) is 0 Å². The van der Waals surface area contributed by atoms with Crippen molar-refractivity contribution < 1.29 is 0 Å². The van der Waals surface area contributed by atoms with Crippen LogP contribution in [-0.4, -0.2) is 19.3 Å². The Labute approximate surface area is 114 Å². The van der Waals surface area contributed by atoms with E-state index in [1.165, 1.54) is 23.3 Å². The fourth-order valence-electron chi connectivity index (χ4n) is 1.41. The molecule has 3 N–H and O–H groups in total. The zero-order chi connectivity index (χ0) is 13.0. The highest BCUT2D eigenvalue weighted by Crippen LogP contribution is 2.31. The molecule has 0 unspecified atom stereocenters. The van der Waals surface area contributed by atoms with Crippen LogP contribution in [0, 0.1) is 6.92 Å². The number of nitrogens with two attached hydrogens (primary N) is 1. The van der Waals surface area contributed by atoms with Crippen molar-refractivity contribution in [3.8, 4) is 0 Å². The average Bonchev–Trinajstić information content (AvgIpc) is 2.86. The molecule has 0 bridgehead atoms. The Balaban J connectivity index is 2.34. The van der Waals surface area contributed by atoms with E-state index in [4.69, 9.17) is 5.84 Å². The van der Waals surface area contributed by atoms with Crippen molar-refractivity contribution in [2.75, 3.05) is 5.43 Å². The number of aromatic nitrogens is 4. The van der Waals surface area contributed by atoms with Crippen LogP contribution in [0.4, 0.5) is 5.82 Å². The number of nitrogens with one attached hydrogen (secondary N) is 1. The minimum atomic E-state index is 0.667. The highest BCUT2D eigenvalue weighted by Gasteiger charge is 2.12. The van der Waals surface area contributed by atoms with Gasteiger partial charge in [-0.25, -0.2) is 20.8 Å². The van der Waals surface area contributed by atoms with E-state index in [1.54, 1.807) is 6.33 Å². The third-order valence-electron chi connectivity index (χ3n) is 2.28. The molecule has 0 amide bonds. The van der Waals surface area contributed by atoms with E-state index in [0.29, 0.717) is 5.82 Å². The Morgan fingerprint density at radius 2 is 2.28 bits per heavy atom. The topological polar surface area (TPSA) is 89.6 Å². The lowest BCUT2D eigenvalue weighted by molar-refractivity contribution is 0.802. The van der Waals surface area contributed by atoms with Gasteiger partial charge in [-0.1, -0.05) is 6.92 Å². The van der Waals surface area contributed by atoms with E-state index in [2.05, 4.69) is 31.7 Å². The van der Waals surface area contributed by atoms with Gasteiger partial charge >= 0.3 is 0 Å². The van der Waals surface area contributed by atoms with Crippen molar-refractivity contribution in [2.45, 2.75) is 36.1 Å². The molecule has 2 rings (SSSR count). The van der Waals surface area contributed by atoms with Gasteiger partial charge in [0.2, 0.25) is 0 Å². The smallest absolute Gasteiger partial charge is 0.176 e. The van der Waals surface area contributed by atoms with Crippen molar-refractivity contribution in [1.29, 1.82) is 0 Å². The molecule has 0 spiro atoms. The average molecular weight is 282 g/mol. The Morgan fingerprint density at radius 1 is 1.44 bits per heavy atom. The summed E-state index contributed by atoms with van der Waals surface area (Å²) in [6.07, 6.45) is 3.37. The van der Waals surface area contributed by atoms with Crippen LogP contribution >= 0.6 is 23.3 Å². The molecule has 8 heteroatoms. The first-order chi connectivity index (χ1) is 8.74. The molecule has 0 aliphatic rings. The van der Waals surface area contributed by atoms with E-state index in [9.17, 15) is 0 Å². The van der Waals surface area contributed by atoms with Crippen molar-refractivity contribution in [1.82, 2.24) is 19.3 Å². The van der Waals surface area contributed by atoms with E-state index >= 15 is 0 Å². The third kappa shape index (κ3) is 2.95. The summed E-state index contributed by atoms with van der Waals surface area (Å²) >= 11 is 2.84. The number of hydrogen-bond acceptors (Lipinski definition) is 8. The second kappa shape index (κ2) is 6.07. The molecule has 0 aliphatic heterocycles. The maximum atomic E-state index is 5.48. The van der Waals surface area contributed by atoms with Gasteiger partial charge in [0, 0.05) is 12.0 Å². The number of anilines is 1. The quantitative estimate of drug-likeness (QED) is 0.492. The normalized spacial score (nSPS) is 10.6. The van der Waals surface area contributed by atoms with Gasteiger partial charge in [-0.2, -0.15) is 4.37 Å². The molecule has 2 aromatic heterocycles. The number of nitrogen functional groups attached to an aromatic ring is 1. The molecular formula is C10H14N6S2. The zero-order valence-corrected chi connectivity index (χ0v) is 11.8. The molecular weight excluding hydrogens is 268 g/mol. The summed E-state index contributed by atoms with van der Waals surface area (Å²) in [5.74, 6) is 6.94. The highest BCUT2D eigenvalue weighted by molar-refractivity contribution is 8.00. The van der Waals surface area contributed by atoms with E-state index in [1.807, 2.05) is 6.92 Å². The summed E-state index contributed by atoms with van der Waals surface area (Å²) in [7, 11) is 0. The van der Waals surface area contributed by atoms with Gasteiger partial charge in [-0.05, 0) is 36.6 Å². The van der Waals surface area contributed by atoms with Crippen molar-refractivity contribution >= 4 is 29.1 Å². The van der Waals surface area contributed by atoms with Gasteiger partial charge < -0.3 is 5.43 Å². The van der Waals surface area contributed by atoms with Crippen LogP contribution in [0.3, 0.4) is 0 Å². The first-order valence-electron chi connectivity index (χ1n) is 5.53. The van der Waals surface area contributed by atoms with Crippen LogP contribution in [0.1, 0.15) is 24.7 Å². The lowest BCUT2D eigenvalue weighted by atomic mass is 10.3. The molecule has 96 valence electrons. The molecule has 6 nitrogen and oxygen atoms in total. The van der Waals surface area contributed by atoms with E-state index < -0.39 is 0 Å². The van der Waals surface area contributed by atoms with Crippen LogP contribution < -0.4 is 11.3 Å². The molecule has 2 heterocycles. The summed E-state index contributed by atoms with van der Waals surface area (Å²) in [6, 6.07) is 0. The van der Waals surface area contributed by atoms with E-state index in [0.717, 1.165) is 33.6 Å². The zero-order valence-electron chi connectivity index (χ0n) is 10.2. The molecule has 0 radical (unpaired) electrons. The summed E-state index contributed by atoms with van der Waals surface area (Å²) in [4.78, 5) is 13.1. The van der Waals surface area contributed by atoms with Gasteiger partial charge in [0.25, 0.3) is 0 Å². The molecule has 18 heavy (non-hydrogen) atoms. The number of hydrazine groups is 1. The minimum absolute atomic E-state index is 0.667. The molecule has 0 fully saturated rings. The summed E-state index contributed by atoms with van der Waals surface area (Å²) in [5, 5.41) is 0.873. The molecule has 0 saturated heterocycles. The molecule has 0 atom stereocenters. The SMILES string of the molecule is CCCc1nc(NN)c(C)c(Sc2ncns2)n1. The second-order valence-electron chi connectivity index (χ2n) is 3.62. The fourth-order valence-corrected chi connectivity index (χ4v) is 2.87. The monoisotopic (exact) mass is 282 g/mol. The minimum Gasteiger partial charge on any atom is -0.308 e. The largest absolute Gasteiger partial charge is 0.308 e. The summed E-state index contributed by atoms with van der Waals surface area (Å²) in [5.41, 5.74) is 3.55. The Morgan fingerprint density at radius 3 is 2.89 bits per heavy atom. The number of hydrogen-bond donors (Lipinski definition) is 2. The molecule has 0 aliphatic carbocycles. The van der Waals surface area contributed by atoms with Crippen molar-refractivity contribution in [2.24, 2.45) is 5.84 Å². The Hall–Kier alpha value is -1.25. The fraction of sp³-hybridized carbons (Fsp3) is 0.400. The van der Waals surface area contributed by atoms with Crippen molar-refractivity contribution in [3.63, 3.8) is 0 Å². The lowest BCUT2D eigenvalue weighted by Gasteiger charge is -2.10. The highest BCUT2D eigenvalue weighted by atomic mass is 32.2. The Bertz CT molecular complexity index is 513. The molecule has 2 aromatic rings. The van der Waals surface area contributed by atoms with Crippen LogP contribution in [0.2, 0.25) is 0 Å². The standard InChI is InChI=1S/C10H14N6S2/c1-3-4-7-14-8(16-11)6(2)9(15-7)17-10-12-5-13-18-10/h5H,3-4,11H2,1-2H3,(H,14,15,16). The van der Waals surface area contributed by atoms with Gasteiger partial charge in [-0.15, -0.1) is 0 Å². The van der Waals surface area contributed by atoms with Crippen LogP contribution in [0.25, 0.3) is 0 Å².